The number of alkyl halides is 3. The topological polar surface area (TPSA) is 42.4 Å². The normalized spacial score (nSPS) is 19.4. The van der Waals surface area contributed by atoms with Crippen molar-refractivity contribution >= 4 is 5.57 Å². The molecule has 0 amide bonds. The van der Waals surface area contributed by atoms with Gasteiger partial charge in [0.1, 0.15) is 23.9 Å². The number of nitrogens with zero attached hydrogens (tertiary/aromatic N) is 1. The average molecular weight is 353 g/mol. The van der Waals surface area contributed by atoms with Gasteiger partial charge in [0, 0.05) is 11.1 Å². The Bertz CT molecular complexity index is 830. The molecule has 3 rings (SSSR count). The fourth-order valence-electron chi connectivity index (χ4n) is 2.67. The van der Waals surface area contributed by atoms with Crippen molar-refractivity contribution in [1.82, 2.24) is 4.98 Å². The summed E-state index contributed by atoms with van der Waals surface area (Å²) in [6.45, 7) is 4.59. The maximum absolute atomic E-state index is 13.2. The number of pyridine rings is 1. The number of aromatic nitrogens is 1. The zero-order valence-corrected chi connectivity index (χ0v) is 13.3. The Morgan fingerprint density at radius 2 is 1.96 bits per heavy atom. The van der Waals surface area contributed by atoms with Crippen molar-refractivity contribution in [3.63, 3.8) is 0 Å². The molecule has 1 N–H and O–H groups in total. The van der Waals surface area contributed by atoms with Gasteiger partial charge in [-0.1, -0.05) is 6.58 Å². The van der Waals surface area contributed by atoms with Crippen LogP contribution in [0.4, 0.5) is 17.6 Å². The van der Waals surface area contributed by atoms with E-state index in [1.807, 2.05) is 0 Å². The average Bonchev–Trinajstić information content (AvgIpc) is 2.91. The first-order valence-corrected chi connectivity index (χ1v) is 7.47. The van der Waals surface area contributed by atoms with E-state index in [0.29, 0.717) is 16.9 Å². The quantitative estimate of drug-likeness (QED) is 0.845. The number of aliphatic hydroxyl groups excluding tert-OH is 1. The van der Waals surface area contributed by atoms with Gasteiger partial charge in [0.2, 0.25) is 0 Å². The first-order valence-electron chi connectivity index (χ1n) is 7.47. The zero-order chi connectivity index (χ0) is 18.4. The standard InChI is InChI=1S/C18H15F4NO2/c1-10(18(20,21)22)14-7-13-16(25-9-17(13,2)8-24)15(23-14)11-3-5-12(19)6-4-11/h3-7,24H,1,8-9H2,2H3. The van der Waals surface area contributed by atoms with Gasteiger partial charge in [0.15, 0.2) is 0 Å². The Hall–Kier alpha value is -2.41. The molecule has 0 fully saturated rings. The molecule has 0 saturated carbocycles. The second-order valence-corrected chi connectivity index (χ2v) is 6.22. The minimum absolute atomic E-state index is 0.108. The number of benzene rings is 1. The summed E-state index contributed by atoms with van der Waals surface area (Å²) in [6, 6.07) is 6.46. The number of halogens is 4. The molecule has 25 heavy (non-hydrogen) atoms. The smallest absolute Gasteiger partial charge is 0.417 e. The van der Waals surface area contributed by atoms with Crippen LogP contribution < -0.4 is 4.74 Å². The molecule has 7 heteroatoms. The molecular weight excluding hydrogens is 338 g/mol. The predicted molar refractivity (Wildman–Crippen MR) is 84.7 cm³/mol. The number of allylic oxidation sites excluding steroid dienone is 1. The van der Waals surface area contributed by atoms with E-state index in [2.05, 4.69) is 11.6 Å². The van der Waals surface area contributed by atoms with E-state index in [-0.39, 0.29) is 24.6 Å². The van der Waals surface area contributed by atoms with Gasteiger partial charge in [0.25, 0.3) is 0 Å². The molecule has 2 heterocycles. The third kappa shape index (κ3) is 3.00. The van der Waals surface area contributed by atoms with E-state index in [1.165, 1.54) is 30.3 Å². The summed E-state index contributed by atoms with van der Waals surface area (Å²) in [5.74, 6) is -0.181. The highest BCUT2D eigenvalue weighted by atomic mass is 19.4. The molecule has 1 aliphatic rings. The summed E-state index contributed by atoms with van der Waals surface area (Å²) in [5.41, 5.74) is -1.30. The first kappa shape index (κ1) is 17.4. The molecule has 1 unspecified atom stereocenters. The van der Waals surface area contributed by atoms with E-state index < -0.39 is 23.0 Å². The van der Waals surface area contributed by atoms with Gasteiger partial charge in [-0.15, -0.1) is 0 Å². The van der Waals surface area contributed by atoms with E-state index in [1.54, 1.807) is 6.92 Å². The lowest BCUT2D eigenvalue weighted by Gasteiger charge is -2.20. The van der Waals surface area contributed by atoms with Gasteiger partial charge >= 0.3 is 6.18 Å². The Kier molecular flexibility index (Phi) is 4.07. The first-order chi connectivity index (χ1) is 11.7. The van der Waals surface area contributed by atoms with Crippen molar-refractivity contribution in [2.24, 2.45) is 0 Å². The molecule has 0 aliphatic carbocycles. The SMILES string of the molecule is C=C(c1cc2c(c(-c3ccc(F)cc3)n1)OCC2(C)CO)C(F)(F)F. The minimum Gasteiger partial charge on any atom is -0.490 e. The summed E-state index contributed by atoms with van der Waals surface area (Å²) >= 11 is 0. The molecule has 1 aliphatic heterocycles. The number of hydrogen-bond donors (Lipinski definition) is 1. The fourth-order valence-corrected chi connectivity index (χ4v) is 2.67. The summed E-state index contributed by atoms with van der Waals surface area (Å²) in [6.07, 6.45) is -4.64. The number of ether oxygens (including phenoxy) is 1. The van der Waals surface area contributed by atoms with Crippen LogP contribution in [0.3, 0.4) is 0 Å². The Morgan fingerprint density at radius 1 is 1.32 bits per heavy atom. The molecule has 1 aromatic carbocycles. The molecule has 0 radical (unpaired) electrons. The number of hydrogen-bond acceptors (Lipinski definition) is 3. The van der Waals surface area contributed by atoms with E-state index in [4.69, 9.17) is 4.74 Å². The van der Waals surface area contributed by atoms with Crippen molar-refractivity contribution in [2.45, 2.75) is 18.5 Å². The molecule has 0 saturated heterocycles. The molecule has 2 aromatic rings. The van der Waals surface area contributed by atoms with Crippen LogP contribution >= 0.6 is 0 Å². The lowest BCUT2D eigenvalue weighted by atomic mass is 9.84. The van der Waals surface area contributed by atoms with Crippen molar-refractivity contribution in [2.75, 3.05) is 13.2 Å². The van der Waals surface area contributed by atoms with Gasteiger partial charge < -0.3 is 9.84 Å². The summed E-state index contributed by atoms with van der Waals surface area (Å²) < 4.78 is 58.0. The Labute approximate surface area is 141 Å². The highest BCUT2D eigenvalue weighted by Gasteiger charge is 2.41. The van der Waals surface area contributed by atoms with Crippen LogP contribution in [0.25, 0.3) is 16.8 Å². The minimum atomic E-state index is -4.64. The van der Waals surface area contributed by atoms with Crippen LogP contribution in [0.2, 0.25) is 0 Å². The third-order valence-corrected chi connectivity index (χ3v) is 4.28. The fraction of sp³-hybridized carbons (Fsp3) is 0.278. The summed E-state index contributed by atoms with van der Waals surface area (Å²) in [4.78, 5) is 4.06. The van der Waals surface area contributed by atoms with Gasteiger partial charge in [-0.3, -0.25) is 0 Å². The monoisotopic (exact) mass is 353 g/mol. The molecule has 132 valence electrons. The molecule has 1 aromatic heterocycles. The zero-order valence-electron chi connectivity index (χ0n) is 13.3. The molecule has 1 atom stereocenters. The molecular formula is C18H15F4NO2. The largest absolute Gasteiger partial charge is 0.490 e. The van der Waals surface area contributed by atoms with Crippen LogP contribution in [-0.4, -0.2) is 29.5 Å². The van der Waals surface area contributed by atoms with Crippen LogP contribution in [-0.2, 0) is 5.41 Å². The van der Waals surface area contributed by atoms with E-state index in [9.17, 15) is 22.7 Å². The van der Waals surface area contributed by atoms with Crippen molar-refractivity contribution < 1.29 is 27.4 Å². The number of aliphatic hydroxyl groups is 1. The van der Waals surface area contributed by atoms with Crippen LogP contribution in [0.15, 0.2) is 36.9 Å². The lowest BCUT2D eigenvalue weighted by molar-refractivity contribution is -0.0688. The lowest BCUT2D eigenvalue weighted by Crippen LogP contribution is -2.28. The van der Waals surface area contributed by atoms with Crippen LogP contribution in [0.1, 0.15) is 18.2 Å². The maximum Gasteiger partial charge on any atom is 0.417 e. The van der Waals surface area contributed by atoms with Gasteiger partial charge in [-0.25, -0.2) is 9.37 Å². The summed E-state index contributed by atoms with van der Waals surface area (Å²) in [7, 11) is 0. The maximum atomic E-state index is 13.2. The number of fused-ring (bicyclic) bond motifs is 1. The second kappa shape index (κ2) is 5.84. The molecule has 3 nitrogen and oxygen atoms in total. The van der Waals surface area contributed by atoms with Crippen molar-refractivity contribution in [3.8, 4) is 17.0 Å². The van der Waals surface area contributed by atoms with Crippen molar-refractivity contribution in [3.05, 3.63) is 54.0 Å². The van der Waals surface area contributed by atoms with Gasteiger partial charge in [-0.2, -0.15) is 13.2 Å². The van der Waals surface area contributed by atoms with Gasteiger partial charge in [-0.05, 0) is 37.3 Å². The molecule has 0 spiro atoms. The van der Waals surface area contributed by atoms with Crippen LogP contribution in [0.5, 0.6) is 5.75 Å². The Morgan fingerprint density at radius 3 is 2.52 bits per heavy atom. The van der Waals surface area contributed by atoms with Gasteiger partial charge in [0.05, 0.1) is 23.3 Å². The Balaban J connectivity index is 2.24. The summed E-state index contributed by atoms with van der Waals surface area (Å²) in [5, 5.41) is 9.66. The van der Waals surface area contributed by atoms with Crippen molar-refractivity contribution in [1.29, 1.82) is 0 Å². The van der Waals surface area contributed by atoms with E-state index >= 15 is 0 Å². The number of rotatable bonds is 3. The third-order valence-electron chi connectivity index (χ3n) is 4.28. The van der Waals surface area contributed by atoms with Crippen LogP contribution in [0, 0.1) is 5.82 Å². The predicted octanol–water partition coefficient (Wildman–Crippen LogP) is 4.11. The second-order valence-electron chi connectivity index (χ2n) is 6.22. The van der Waals surface area contributed by atoms with E-state index in [0.717, 1.165) is 0 Å². The highest BCUT2D eigenvalue weighted by Crippen LogP contribution is 2.46. The molecule has 0 bridgehead atoms. The highest BCUT2D eigenvalue weighted by molar-refractivity contribution is 5.75.